The standard InChI is InChI=1S/C17H31NO4/c1-13-6-7-14(21-13)12-20-17(5)8-10-18(11-9-17)15(19)22-16(2,3)4/h13-14H,6-12H2,1-5H3. The number of ether oxygens (including phenoxy) is 3. The molecule has 0 aromatic carbocycles. The molecule has 5 heteroatoms. The largest absolute Gasteiger partial charge is 0.444 e. The molecule has 2 aliphatic rings. The molecular weight excluding hydrogens is 282 g/mol. The molecule has 0 N–H and O–H groups in total. The number of rotatable bonds is 3. The van der Waals surface area contributed by atoms with E-state index in [1.165, 1.54) is 0 Å². The van der Waals surface area contributed by atoms with E-state index in [0.717, 1.165) is 25.7 Å². The molecule has 22 heavy (non-hydrogen) atoms. The molecule has 0 aromatic heterocycles. The Bertz CT molecular complexity index is 383. The Labute approximate surface area is 134 Å². The molecule has 0 bridgehead atoms. The average molecular weight is 313 g/mol. The van der Waals surface area contributed by atoms with Crippen molar-refractivity contribution in [3.63, 3.8) is 0 Å². The predicted molar refractivity (Wildman–Crippen MR) is 85.0 cm³/mol. The van der Waals surface area contributed by atoms with Gasteiger partial charge in [0, 0.05) is 13.1 Å². The summed E-state index contributed by atoms with van der Waals surface area (Å²) in [4.78, 5) is 13.9. The quantitative estimate of drug-likeness (QED) is 0.801. The van der Waals surface area contributed by atoms with Crippen LogP contribution in [0.2, 0.25) is 0 Å². The third kappa shape index (κ3) is 5.13. The molecule has 0 saturated carbocycles. The minimum absolute atomic E-state index is 0.159. The van der Waals surface area contributed by atoms with E-state index in [1.54, 1.807) is 4.90 Å². The van der Waals surface area contributed by atoms with Gasteiger partial charge in [-0.05, 0) is 60.3 Å². The van der Waals surface area contributed by atoms with Crippen LogP contribution >= 0.6 is 0 Å². The molecule has 2 aliphatic heterocycles. The molecule has 5 nitrogen and oxygen atoms in total. The molecule has 2 saturated heterocycles. The van der Waals surface area contributed by atoms with Gasteiger partial charge in [-0.3, -0.25) is 0 Å². The Balaban J connectivity index is 1.74. The van der Waals surface area contributed by atoms with Crippen molar-refractivity contribution in [1.29, 1.82) is 0 Å². The van der Waals surface area contributed by atoms with Gasteiger partial charge in [0.15, 0.2) is 0 Å². The highest BCUT2D eigenvalue weighted by atomic mass is 16.6. The van der Waals surface area contributed by atoms with Crippen molar-refractivity contribution in [1.82, 2.24) is 4.90 Å². The number of carbonyl (C=O) groups is 1. The fourth-order valence-electron chi connectivity index (χ4n) is 2.94. The summed E-state index contributed by atoms with van der Waals surface area (Å²) in [5.74, 6) is 0. The molecule has 0 aromatic rings. The maximum absolute atomic E-state index is 12.1. The van der Waals surface area contributed by atoms with Crippen LogP contribution in [-0.4, -0.2) is 54.1 Å². The second-order valence-corrected chi connectivity index (χ2v) is 7.87. The second kappa shape index (κ2) is 6.75. The van der Waals surface area contributed by atoms with Crippen molar-refractivity contribution in [2.45, 2.75) is 83.7 Å². The summed E-state index contributed by atoms with van der Waals surface area (Å²) >= 11 is 0. The Morgan fingerprint density at radius 1 is 1.27 bits per heavy atom. The summed E-state index contributed by atoms with van der Waals surface area (Å²) in [7, 11) is 0. The average Bonchev–Trinajstić information content (AvgIpc) is 2.81. The number of carbonyl (C=O) groups excluding carboxylic acids is 1. The lowest BCUT2D eigenvalue weighted by Crippen LogP contribution is -2.48. The van der Waals surface area contributed by atoms with Gasteiger partial charge in [-0.1, -0.05) is 0 Å². The molecule has 2 unspecified atom stereocenters. The third-order valence-electron chi connectivity index (χ3n) is 4.41. The van der Waals surface area contributed by atoms with Crippen LogP contribution in [0.5, 0.6) is 0 Å². The lowest BCUT2D eigenvalue weighted by molar-refractivity contribution is -0.106. The van der Waals surface area contributed by atoms with E-state index in [1.807, 2.05) is 20.8 Å². The van der Waals surface area contributed by atoms with Crippen LogP contribution in [0.15, 0.2) is 0 Å². The van der Waals surface area contributed by atoms with E-state index in [2.05, 4.69) is 13.8 Å². The van der Waals surface area contributed by atoms with E-state index in [-0.39, 0.29) is 17.8 Å². The molecular formula is C17H31NO4. The van der Waals surface area contributed by atoms with Gasteiger partial charge in [0.1, 0.15) is 5.60 Å². The lowest BCUT2D eigenvalue weighted by atomic mass is 9.93. The van der Waals surface area contributed by atoms with Gasteiger partial charge in [0.05, 0.1) is 24.4 Å². The van der Waals surface area contributed by atoms with Gasteiger partial charge in [-0.15, -0.1) is 0 Å². The van der Waals surface area contributed by atoms with Crippen molar-refractivity contribution in [2.75, 3.05) is 19.7 Å². The zero-order valence-electron chi connectivity index (χ0n) is 14.7. The van der Waals surface area contributed by atoms with E-state index < -0.39 is 5.60 Å². The molecule has 0 radical (unpaired) electrons. The molecule has 0 aliphatic carbocycles. The van der Waals surface area contributed by atoms with Crippen LogP contribution in [-0.2, 0) is 14.2 Å². The van der Waals surface area contributed by atoms with Crippen LogP contribution in [0, 0.1) is 0 Å². The molecule has 2 heterocycles. The van der Waals surface area contributed by atoms with Gasteiger partial charge < -0.3 is 19.1 Å². The van der Waals surface area contributed by atoms with Crippen LogP contribution in [0.3, 0.4) is 0 Å². The fraction of sp³-hybridized carbons (Fsp3) is 0.941. The summed E-state index contributed by atoms with van der Waals surface area (Å²) in [6.07, 6.45) is 4.26. The van der Waals surface area contributed by atoms with Gasteiger partial charge in [-0.2, -0.15) is 0 Å². The van der Waals surface area contributed by atoms with Crippen LogP contribution in [0.1, 0.15) is 60.3 Å². The summed E-state index contributed by atoms with van der Waals surface area (Å²) in [5.41, 5.74) is -0.599. The Kier molecular flexibility index (Phi) is 5.38. The van der Waals surface area contributed by atoms with E-state index >= 15 is 0 Å². The monoisotopic (exact) mass is 313 g/mol. The predicted octanol–water partition coefficient (Wildman–Crippen LogP) is 3.36. The molecule has 128 valence electrons. The van der Waals surface area contributed by atoms with Gasteiger partial charge in [0.2, 0.25) is 0 Å². The highest BCUT2D eigenvalue weighted by molar-refractivity contribution is 5.68. The van der Waals surface area contributed by atoms with Crippen molar-refractivity contribution in [3.05, 3.63) is 0 Å². The van der Waals surface area contributed by atoms with Crippen LogP contribution in [0.4, 0.5) is 4.79 Å². The van der Waals surface area contributed by atoms with E-state index in [9.17, 15) is 4.79 Å². The highest BCUT2D eigenvalue weighted by Crippen LogP contribution is 2.29. The first-order chi connectivity index (χ1) is 10.2. The topological polar surface area (TPSA) is 48.0 Å². The normalized spacial score (nSPS) is 28.7. The first kappa shape index (κ1) is 17.5. The van der Waals surface area contributed by atoms with Crippen molar-refractivity contribution in [3.8, 4) is 0 Å². The summed E-state index contributed by atoms with van der Waals surface area (Å²) < 4.78 is 17.4. The maximum Gasteiger partial charge on any atom is 0.410 e. The summed E-state index contributed by atoms with van der Waals surface area (Å²) in [6.45, 7) is 12.0. The fourth-order valence-corrected chi connectivity index (χ4v) is 2.94. The molecule has 0 spiro atoms. The van der Waals surface area contributed by atoms with E-state index in [0.29, 0.717) is 25.8 Å². The van der Waals surface area contributed by atoms with Crippen molar-refractivity contribution in [2.24, 2.45) is 0 Å². The van der Waals surface area contributed by atoms with Gasteiger partial charge in [0.25, 0.3) is 0 Å². The van der Waals surface area contributed by atoms with E-state index in [4.69, 9.17) is 14.2 Å². The lowest BCUT2D eigenvalue weighted by Gasteiger charge is -2.40. The number of hydrogen-bond acceptors (Lipinski definition) is 4. The molecule has 2 fully saturated rings. The zero-order valence-corrected chi connectivity index (χ0v) is 14.7. The third-order valence-corrected chi connectivity index (χ3v) is 4.41. The maximum atomic E-state index is 12.1. The van der Waals surface area contributed by atoms with Crippen LogP contribution in [0.25, 0.3) is 0 Å². The first-order valence-electron chi connectivity index (χ1n) is 8.44. The smallest absolute Gasteiger partial charge is 0.410 e. The Hall–Kier alpha value is -0.810. The van der Waals surface area contributed by atoms with Gasteiger partial charge >= 0.3 is 6.09 Å². The minimum atomic E-state index is -0.440. The number of likely N-dealkylation sites (tertiary alicyclic amines) is 1. The summed E-state index contributed by atoms with van der Waals surface area (Å²) in [5, 5.41) is 0. The minimum Gasteiger partial charge on any atom is -0.444 e. The molecule has 1 amide bonds. The Morgan fingerprint density at radius 3 is 2.41 bits per heavy atom. The first-order valence-corrected chi connectivity index (χ1v) is 8.44. The molecule has 2 atom stereocenters. The number of nitrogens with zero attached hydrogens (tertiary/aromatic N) is 1. The number of piperidine rings is 1. The number of amides is 1. The highest BCUT2D eigenvalue weighted by Gasteiger charge is 2.35. The summed E-state index contributed by atoms with van der Waals surface area (Å²) in [6, 6.07) is 0. The van der Waals surface area contributed by atoms with Gasteiger partial charge in [-0.25, -0.2) is 4.79 Å². The van der Waals surface area contributed by atoms with Crippen molar-refractivity contribution < 1.29 is 19.0 Å². The van der Waals surface area contributed by atoms with Crippen LogP contribution < -0.4 is 0 Å². The second-order valence-electron chi connectivity index (χ2n) is 7.87. The Morgan fingerprint density at radius 2 is 1.91 bits per heavy atom. The van der Waals surface area contributed by atoms with Crippen molar-refractivity contribution >= 4 is 6.09 Å². The zero-order chi connectivity index (χ0) is 16.4. The SMILES string of the molecule is CC1CCC(COC2(C)CCN(C(=O)OC(C)(C)C)CC2)O1. The molecule has 2 rings (SSSR count). The number of hydrogen-bond donors (Lipinski definition) is 0.